The first kappa shape index (κ1) is 6.90. The van der Waals surface area contributed by atoms with Gasteiger partial charge in [-0.3, -0.25) is 0 Å². The summed E-state index contributed by atoms with van der Waals surface area (Å²) in [6.07, 6.45) is 5.39. The number of nitrogens with zero attached hydrogens (tertiary/aromatic N) is 2. The van der Waals surface area contributed by atoms with Crippen LogP contribution in [0.25, 0.3) is 0 Å². The van der Waals surface area contributed by atoms with Crippen LogP contribution in [0.1, 0.15) is 0 Å². The van der Waals surface area contributed by atoms with Gasteiger partial charge in [0, 0.05) is 40.5 Å². The van der Waals surface area contributed by atoms with E-state index in [4.69, 9.17) is 0 Å². The van der Waals surface area contributed by atoms with E-state index in [1.54, 1.807) is 12.5 Å². The molecule has 0 bridgehead atoms. The van der Waals surface area contributed by atoms with E-state index in [2.05, 4.69) is 4.98 Å². The van der Waals surface area contributed by atoms with Crippen molar-refractivity contribution in [1.29, 1.82) is 0 Å². The Morgan fingerprint density at radius 3 is 2.43 bits per heavy atom. The molecule has 0 radical (unpaired) electrons. The van der Waals surface area contributed by atoms with Crippen molar-refractivity contribution < 1.29 is 21.1 Å². The maximum Gasteiger partial charge on any atom is 0.0943 e. The quantitative estimate of drug-likeness (QED) is 0.672. The maximum atomic E-state index is 3.78. The molecule has 0 unspecified atom stereocenters. The predicted molar refractivity (Wildman–Crippen MR) is 23.2 cm³/mol. The average molecular weight is 277 g/mol. The number of aromatic nitrogens is 2. The van der Waals surface area contributed by atoms with E-state index in [-0.39, 0.29) is 21.1 Å². The SMILES string of the molecule is Cn1ccnc1.[Pt]. The van der Waals surface area contributed by atoms with Gasteiger partial charge in [0.2, 0.25) is 0 Å². The minimum Gasteiger partial charge on any atom is -0.341 e. The summed E-state index contributed by atoms with van der Waals surface area (Å²) in [4.78, 5) is 3.78. The van der Waals surface area contributed by atoms with Gasteiger partial charge in [-0.2, -0.15) is 0 Å². The van der Waals surface area contributed by atoms with Gasteiger partial charge < -0.3 is 4.57 Å². The summed E-state index contributed by atoms with van der Waals surface area (Å²) in [5.74, 6) is 0. The second-order valence-corrected chi connectivity index (χ2v) is 1.23. The summed E-state index contributed by atoms with van der Waals surface area (Å²) < 4.78 is 1.89. The van der Waals surface area contributed by atoms with Gasteiger partial charge in [-0.05, 0) is 0 Å². The van der Waals surface area contributed by atoms with E-state index in [1.165, 1.54) is 0 Å². The van der Waals surface area contributed by atoms with E-state index in [1.807, 2.05) is 17.8 Å². The Morgan fingerprint density at radius 1 is 1.57 bits per heavy atom. The van der Waals surface area contributed by atoms with Crippen molar-refractivity contribution in [2.75, 3.05) is 0 Å². The summed E-state index contributed by atoms with van der Waals surface area (Å²) >= 11 is 0. The Bertz CT molecular complexity index is 113. The molecule has 1 aromatic rings. The molecule has 0 fully saturated rings. The van der Waals surface area contributed by atoms with Crippen molar-refractivity contribution in [2.45, 2.75) is 0 Å². The van der Waals surface area contributed by atoms with Gasteiger partial charge in [-0.15, -0.1) is 0 Å². The Labute approximate surface area is 56.8 Å². The zero-order valence-corrected chi connectivity index (χ0v) is 6.21. The molecule has 0 aromatic carbocycles. The third-order valence-electron chi connectivity index (χ3n) is 0.637. The molecule has 0 atom stereocenters. The minimum atomic E-state index is 0. The van der Waals surface area contributed by atoms with Crippen LogP contribution in [0.5, 0.6) is 0 Å². The monoisotopic (exact) mass is 277 g/mol. The normalized spacial score (nSPS) is 7.57. The average Bonchev–Trinajstić information content (AvgIpc) is 1.86. The van der Waals surface area contributed by atoms with Crippen molar-refractivity contribution in [3.05, 3.63) is 18.7 Å². The van der Waals surface area contributed by atoms with Crippen LogP contribution in [0.2, 0.25) is 0 Å². The van der Waals surface area contributed by atoms with Crippen molar-refractivity contribution >= 4 is 0 Å². The number of rotatable bonds is 0. The van der Waals surface area contributed by atoms with E-state index >= 15 is 0 Å². The molecule has 42 valence electrons. The summed E-state index contributed by atoms with van der Waals surface area (Å²) in [7, 11) is 1.94. The summed E-state index contributed by atoms with van der Waals surface area (Å²) in [5.41, 5.74) is 0. The number of imidazole rings is 1. The van der Waals surface area contributed by atoms with Crippen LogP contribution >= 0.6 is 0 Å². The Morgan fingerprint density at radius 2 is 2.29 bits per heavy atom. The molecule has 0 aliphatic carbocycles. The smallest absolute Gasteiger partial charge is 0.0943 e. The molecule has 0 amide bonds. The Hall–Kier alpha value is -0.102. The van der Waals surface area contributed by atoms with Gasteiger partial charge in [-0.1, -0.05) is 0 Å². The zero-order valence-electron chi connectivity index (χ0n) is 3.94. The van der Waals surface area contributed by atoms with Crippen molar-refractivity contribution in [2.24, 2.45) is 7.05 Å². The third-order valence-corrected chi connectivity index (χ3v) is 0.637. The van der Waals surface area contributed by atoms with Crippen LogP contribution in [0.4, 0.5) is 0 Å². The molecule has 1 aromatic heterocycles. The number of hydrogen-bond donors (Lipinski definition) is 0. The molecule has 3 heteroatoms. The molecular weight excluding hydrogens is 271 g/mol. The van der Waals surface area contributed by atoms with Gasteiger partial charge in [-0.25, -0.2) is 4.98 Å². The second-order valence-electron chi connectivity index (χ2n) is 1.23. The molecule has 1 heterocycles. The standard InChI is InChI=1S/C4H6N2.Pt/c1-6-3-2-5-4-6;/h2-4H,1H3;. The maximum absolute atomic E-state index is 3.78. The zero-order chi connectivity index (χ0) is 4.41. The molecule has 0 spiro atoms. The summed E-state index contributed by atoms with van der Waals surface area (Å²) in [6.45, 7) is 0. The molecule has 0 saturated heterocycles. The fourth-order valence-corrected chi connectivity index (χ4v) is 0.326. The molecule has 2 nitrogen and oxygen atoms in total. The van der Waals surface area contributed by atoms with Crippen LogP contribution in [0.3, 0.4) is 0 Å². The minimum absolute atomic E-state index is 0. The van der Waals surface area contributed by atoms with Gasteiger partial charge >= 0.3 is 0 Å². The molecule has 0 aliphatic rings. The predicted octanol–water partition coefficient (Wildman–Crippen LogP) is 0.418. The van der Waals surface area contributed by atoms with Crippen LogP contribution in [0.15, 0.2) is 18.7 Å². The Balaban J connectivity index is 0.000000360. The first-order valence-electron chi connectivity index (χ1n) is 1.81. The van der Waals surface area contributed by atoms with E-state index in [0.717, 1.165) is 0 Å². The van der Waals surface area contributed by atoms with E-state index in [0.29, 0.717) is 0 Å². The fourth-order valence-electron chi connectivity index (χ4n) is 0.326. The molecule has 1 rings (SSSR count). The van der Waals surface area contributed by atoms with Crippen LogP contribution in [-0.2, 0) is 28.1 Å². The topological polar surface area (TPSA) is 17.8 Å². The summed E-state index contributed by atoms with van der Waals surface area (Å²) in [5, 5.41) is 0. The third kappa shape index (κ3) is 1.88. The van der Waals surface area contributed by atoms with Gasteiger partial charge in [0.1, 0.15) is 0 Å². The van der Waals surface area contributed by atoms with E-state index in [9.17, 15) is 0 Å². The van der Waals surface area contributed by atoms with Gasteiger partial charge in [0.25, 0.3) is 0 Å². The van der Waals surface area contributed by atoms with Crippen LogP contribution in [0, 0.1) is 0 Å². The molecule has 0 saturated carbocycles. The van der Waals surface area contributed by atoms with Crippen LogP contribution in [-0.4, -0.2) is 9.55 Å². The molecule has 7 heavy (non-hydrogen) atoms. The number of hydrogen-bond acceptors (Lipinski definition) is 1. The van der Waals surface area contributed by atoms with Crippen molar-refractivity contribution in [3.63, 3.8) is 0 Å². The summed E-state index contributed by atoms with van der Waals surface area (Å²) in [6, 6.07) is 0. The molecule has 0 N–H and O–H groups in total. The second kappa shape index (κ2) is 2.97. The fraction of sp³-hybridized carbons (Fsp3) is 0.250. The number of aryl methyl sites for hydroxylation is 1. The first-order chi connectivity index (χ1) is 2.89. The molecule has 0 aliphatic heterocycles. The van der Waals surface area contributed by atoms with E-state index < -0.39 is 0 Å². The van der Waals surface area contributed by atoms with Gasteiger partial charge in [0.05, 0.1) is 6.33 Å². The first-order valence-corrected chi connectivity index (χ1v) is 1.81. The van der Waals surface area contributed by atoms with Crippen LogP contribution < -0.4 is 0 Å². The largest absolute Gasteiger partial charge is 0.341 e. The Kier molecular flexibility index (Phi) is 2.93. The van der Waals surface area contributed by atoms with Crippen molar-refractivity contribution in [3.8, 4) is 0 Å². The molecular formula is C4H6N2Pt. The van der Waals surface area contributed by atoms with Gasteiger partial charge in [0.15, 0.2) is 0 Å². The van der Waals surface area contributed by atoms with Crippen molar-refractivity contribution in [1.82, 2.24) is 9.55 Å².